The summed E-state index contributed by atoms with van der Waals surface area (Å²) in [5, 5.41) is 25.7. The van der Waals surface area contributed by atoms with E-state index in [2.05, 4.69) is 30.9 Å². The number of pyridine rings is 1. The number of esters is 1. The molecule has 0 saturated heterocycles. The van der Waals surface area contributed by atoms with Crippen molar-refractivity contribution in [1.29, 1.82) is 5.26 Å². The van der Waals surface area contributed by atoms with E-state index in [-0.39, 0.29) is 45.6 Å². The van der Waals surface area contributed by atoms with E-state index in [9.17, 15) is 28.0 Å². The number of aryl methyl sites for hydroxylation is 1. The van der Waals surface area contributed by atoms with E-state index in [1.807, 2.05) is 6.07 Å². The van der Waals surface area contributed by atoms with Crippen LogP contribution in [0.15, 0.2) is 36.5 Å². The molecule has 0 unspecified atom stereocenters. The normalized spacial score (nSPS) is 11.2. The van der Waals surface area contributed by atoms with Gasteiger partial charge in [-0.1, -0.05) is 11.6 Å². The van der Waals surface area contributed by atoms with Gasteiger partial charge in [0.15, 0.2) is 5.82 Å². The van der Waals surface area contributed by atoms with Crippen LogP contribution in [0.3, 0.4) is 0 Å². The van der Waals surface area contributed by atoms with Crippen LogP contribution < -0.4 is 5.32 Å². The first-order valence-electron chi connectivity index (χ1n) is 11.1. The number of alkyl halides is 3. The summed E-state index contributed by atoms with van der Waals surface area (Å²) in [4.78, 5) is 30.2. The molecule has 3 heterocycles. The van der Waals surface area contributed by atoms with Gasteiger partial charge in [0.25, 0.3) is 11.7 Å². The second-order valence-corrected chi connectivity index (χ2v) is 8.31. The monoisotopic (exact) mass is 559 g/mol. The topological polar surface area (TPSA) is 154 Å². The molecule has 1 N–H and O–H groups in total. The maximum absolute atomic E-state index is 13.5. The van der Waals surface area contributed by atoms with E-state index < -0.39 is 30.4 Å². The van der Waals surface area contributed by atoms with Crippen LogP contribution in [0.4, 0.5) is 18.9 Å². The number of hydrogen-bond acceptors (Lipinski definition) is 9. The Hall–Kier alpha value is -4.84. The van der Waals surface area contributed by atoms with Crippen molar-refractivity contribution in [2.45, 2.75) is 26.6 Å². The molecule has 200 valence electrons. The number of tetrazole rings is 1. The van der Waals surface area contributed by atoms with Gasteiger partial charge in [-0.3, -0.25) is 4.79 Å². The van der Waals surface area contributed by atoms with Gasteiger partial charge in [-0.15, -0.1) is 5.10 Å². The lowest BCUT2D eigenvalue weighted by Crippen LogP contribution is -2.20. The standard InChI is InChI=1S/C23H17ClF3N9O3/c1-3-39-21(38)15-8-13(10-28)7-12(2)18(15)30-20(37)17-9-14(11-35-22(23(25,26)27)31-33-34-35)32-36(17)19-16(24)5-4-6-29-19/h4-9H,3,11H2,1-2H3,(H,30,37). The lowest BCUT2D eigenvalue weighted by molar-refractivity contribution is -0.147. The molecule has 16 heteroatoms. The Morgan fingerprint density at radius 1 is 1.26 bits per heavy atom. The van der Waals surface area contributed by atoms with Crippen molar-refractivity contribution >= 4 is 29.2 Å². The van der Waals surface area contributed by atoms with Crippen molar-refractivity contribution in [3.05, 3.63) is 75.5 Å². The molecule has 0 aliphatic rings. The highest BCUT2D eigenvalue weighted by atomic mass is 35.5. The molecule has 0 saturated carbocycles. The highest BCUT2D eigenvalue weighted by Gasteiger charge is 2.38. The number of halogens is 4. The number of hydrogen-bond donors (Lipinski definition) is 1. The quantitative estimate of drug-likeness (QED) is 0.335. The van der Waals surface area contributed by atoms with Gasteiger partial charge in [0.1, 0.15) is 5.69 Å². The third-order valence-electron chi connectivity index (χ3n) is 5.23. The number of nitrogens with one attached hydrogen (secondary N) is 1. The first kappa shape index (κ1) is 27.2. The predicted octanol–water partition coefficient (Wildman–Crippen LogP) is 3.58. The lowest BCUT2D eigenvalue weighted by atomic mass is 10.0. The minimum Gasteiger partial charge on any atom is -0.462 e. The second-order valence-electron chi connectivity index (χ2n) is 7.90. The molecule has 1 aromatic carbocycles. The van der Waals surface area contributed by atoms with E-state index in [1.54, 1.807) is 19.9 Å². The number of carbonyl (C=O) groups is 2. The highest BCUT2D eigenvalue weighted by Crippen LogP contribution is 2.28. The number of nitriles is 1. The molecule has 3 aromatic heterocycles. The van der Waals surface area contributed by atoms with Crippen LogP contribution in [0, 0.1) is 18.3 Å². The van der Waals surface area contributed by atoms with Gasteiger partial charge in [-0.05, 0) is 60.2 Å². The number of carbonyl (C=O) groups excluding carboxylic acids is 2. The van der Waals surface area contributed by atoms with E-state index in [0.29, 0.717) is 10.2 Å². The van der Waals surface area contributed by atoms with E-state index in [1.165, 1.54) is 30.5 Å². The Kier molecular flexibility index (Phi) is 7.58. The second kappa shape index (κ2) is 10.9. The van der Waals surface area contributed by atoms with E-state index in [0.717, 1.165) is 4.68 Å². The number of nitrogens with zero attached hydrogens (tertiary/aromatic N) is 8. The van der Waals surface area contributed by atoms with Crippen LogP contribution in [0.1, 0.15) is 50.4 Å². The molecule has 4 rings (SSSR count). The number of benzene rings is 1. The van der Waals surface area contributed by atoms with Gasteiger partial charge in [0, 0.05) is 6.20 Å². The van der Waals surface area contributed by atoms with Gasteiger partial charge in [0.2, 0.25) is 0 Å². The van der Waals surface area contributed by atoms with Crippen LogP contribution in [-0.2, 0) is 17.5 Å². The molecule has 0 bridgehead atoms. The maximum atomic E-state index is 13.5. The number of aromatic nitrogens is 7. The Labute approximate surface area is 223 Å². The third kappa shape index (κ3) is 5.70. The third-order valence-corrected chi connectivity index (χ3v) is 5.52. The fourth-order valence-corrected chi connectivity index (χ4v) is 3.80. The number of rotatable bonds is 7. The van der Waals surface area contributed by atoms with Crippen LogP contribution in [-0.4, -0.2) is 53.5 Å². The Bertz CT molecular complexity index is 1610. The number of ether oxygens (including phenoxy) is 1. The summed E-state index contributed by atoms with van der Waals surface area (Å²) in [6, 6.07) is 8.92. The van der Waals surface area contributed by atoms with Crippen molar-refractivity contribution in [2.24, 2.45) is 0 Å². The molecule has 0 fully saturated rings. The summed E-state index contributed by atoms with van der Waals surface area (Å²) in [5.41, 5.74) is 0.359. The smallest absolute Gasteiger partial charge is 0.453 e. The van der Waals surface area contributed by atoms with Gasteiger partial charge >= 0.3 is 12.1 Å². The summed E-state index contributed by atoms with van der Waals surface area (Å²) in [6.45, 7) is 2.69. The molecule has 39 heavy (non-hydrogen) atoms. The van der Waals surface area contributed by atoms with Crippen LogP contribution in [0.5, 0.6) is 0 Å². The molecule has 0 radical (unpaired) electrons. The highest BCUT2D eigenvalue weighted by molar-refractivity contribution is 6.32. The average molecular weight is 560 g/mol. The Morgan fingerprint density at radius 2 is 2.03 bits per heavy atom. The van der Waals surface area contributed by atoms with E-state index >= 15 is 0 Å². The van der Waals surface area contributed by atoms with Gasteiger partial charge in [0.05, 0.1) is 46.8 Å². The molecule has 0 aliphatic carbocycles. The minimum absolute atomic E-state index is 0.0190. The zero-order valence-corrected chi connectivity index (χ0v) is 20.9. The largest absolute Gasteiger partial charge is 0.462 e. The van der Waals surface area contributed by atoms with Crippen molar-refractivity contribution in [1.82, 2.24) is 35.0 Å². The SMILES string of the molecule is CCOC(=O)c1cc(C#N)cc(C)c1NC(=O)c1cc(Cn2nnnc2C(F)(F)F)nn1-c1ncccc1Cl. The van der Waals surface area contributed by atoms with Crippen molar-refractivity contribution in [3.63, 3.8) is 0 Å². The summed E-state index contributed by atoms with van der Waals surface area (Å²) >= 11 is 6.26. The van der Waals surface area contributed by atoms with Crippen molar-refractivity contribution in [2.75, 3.05) is 11.9 Å². The maximum Gasteiger partial charge on any atom is 0.453 e. The summed E-state index contributed by atoms with van der Waals surface area (Å²) in [5.74, 6) is -2.91. The zero-order chi connectivity index (χ0) is 28.3. The van der Waals surface area contributed by atoms with Gasteiger partial charge in [-0.25, -0.2) is 19.1 Å². The minimum atomic E-state index is -4.83. The fourth-order valence-electron chi connectivity index (χ4n) is 3.60. The predicted molar refractivity (Wildman–Crippen MR) is 128 cm³/mol. The number of amides is 1. The van der Waals surface area contributed by atoms with E-state index in [4.69, 9.17) is 16.3 Å². The molecule has 0 atom stereocenters. The average Bonchev–Trinajstić information content (AvgIpc) is 3.53. The molecule has 12 nitrogen and oxygen atoms in total. The van der Waals surface area contributed by atoms with Crippen LogP contribution in [0.25, 0.3) is 5.82 Å². The van der Waals surface area contributed by atoms with Crippen molar-refractivity contribution in [3.8, 4) is 11.9 Å². The molecule has 0 aliphatic heterocycles. The summed E-state index contributed by atoms with van der Waals surface area (Å²) in [7, 11) is 0. The first-order valence-corrected chi connectivity index (χ1v) is 11.5. The first-order chi connectivity index (χ1) is 18.5. The Morgan fingerprint density at radius 3 is 2.69 bits per heavy atom. The van der Waals surface area contributed by atoms with Gasteiger partial charge < -0.3 is 10.1 Å². The van der Waals surface area contributed by atoms with Crippen LogP contribution >= 0.6 is 11.6 Å². The molecule has 0 spiro atoms. The fraction of sp³-hybridized carbons (Fsp3) is 0.217. The molecule has 1 amide bonds. The molecule has 4 aromatic rings. The summed E-state index contributed by atoms with van der Waals surface area (Å²) in [6.07, 6.45) is -3.44. The number of anilines is 1. The van der Waals surface area contributed by atoms with Gasteiger partial charge in [-0.2, -0.15) is 23.5 Å². The molecular weight excluding hydrogens is 543 g/mol. The Balaban J connectivity index is 1.79. The lowest BCUT2D eigenvalue weighted by Gasteiger charge is -2.14. The summed E-state index contributed by atoms with van der Waals surface area (Å²) < 4.78 is 46.4. The zero-order valence-electron chi connectivity index (χ0n) is 20.2. The van der Waals surface area contributed by atoms with Crippen molar-refractivity contribution < 1.29 is 27.5 Å². The molecular formula is C23H17ClF3N9O3. The van der Waals surface area contributed by atoms with Crippen LogP contribution in [0.2, 0.25) is 5.02 Å².